The summed E-state index contributed by atoms with van der Waals surface area (Å²) in [7, 11) is 1.50. The first-order chi connectivity index (χ1) is 19.5. The molecule has 0 heterocycles. The van der Waals surface area contributed by atoms with Crippen molar-refractivity contribution in [1.82, 2.24) is 4.90 Å². The molecule has 7 heteroatoms. The molecule has 0 fully saturated rings. The van der Waals surface area contributed by atoms with E-state index in [0.717, 1.165) is 10.5 Å². The molecule has 4 rings (SSSR count). The number of hydrogen-bond donors (Lipinski definition) is 1. The number of carboxylic acid groups (broad SMARTS) is 1. The number of para-hydroxylation sites is 1. The van der Waals surface area contributed by atoms with Gasteiger partial charge in [0.15, 0.2) is 11.5 Å². The fraction of sp³-hybridized carbons (Fsp3) is 0.182. The molecule has 2 amide bonds. The summed E-state index contributed by atoms with van der Waals surface area (Å²) in [5.74, 6) is -1.68. The number of aliphatic carboxylic acids is 1. The van der Waals surface area contributed by atoms with E-state index in [-0.39, 0.29) is 25.9 Å². The summed E-state index contributed by atoms with van der Waals surface area (Å²) < 4.78 is 11.6. The van der Waals surface area contributed by atoms with Gasteiger partial charge in [-0.05, 0) is 22.8 Å². The first kappa shape index (κ1) is 28.1. The predicted octanol–water partition coefficient (Wildman–Crippen LogP) is 5.11. The molecule has 40 heavy (non-hydrogen) atoms. The van der Waals surface area contributed by atoms with Crippen molar-refractivity contribution in [3.63, 3.8) is 0 Å². The minimum Gasteiger partial charge on any atom is -0.493 e. The van der Waals surface area contributed by atoms with Crippen LogP contribution >= 0.6 is 0 Å². The van der Waals surface area contributed by atoms with E-state index in [9.17, 15) is 19.5 Å². The zero-order valence-electron chi connectivity index (χ0n) is 22.2. The number of nitrogens with zero attached hydrogens (tertiary/aromatic N) is 1. The Balaban J connectivity index is 1.67. The molecule has 4 aromatic rings. The van der Waals surface area contributed by atoms with Crippen molar-refractivity contribution >= 4 is 17.8 Å². The van der Waals surface area contributed by atoms with Gasteiger partial charge in [0.05, 0.1) is 20.0 Å². The number of rotatable bonds is 12. The average Bonchev–Trinajstić information content (AvgIpc) is 2.97. The first-order valence-electron chi connectivity index (χ1n) is 12.9. The van der Waals surface area contributed by atoms with Crippen LogP contribution in [0.3, 0.4) is 0 Å². The fourth-order valence-corrected chi connectivity index (χ4v) is 4.47. The molecule has 4 aromatic carbocycles. The van der Waals surface area contributed by atoms with Crippen LogP contribution in [0.2, 0.25) is 0 Å². The maximum Gasteiger partial charge on any atom is 0.327 e. The highest BCUT2D eigenvalue weighted by molar-refractivity contribution is 6.00. The Bertz CT molecular complexity index is 1370. The highest BCUT2D eigenvalue weighted by atomic mass is 16.5. The van der Waals surface area contributed by atoms with Gasteiger partial charge in [0.1, 0.15) is 12.6 Å². The van der Waals surface area contributed by atoms with Crippen LogP contribution in [0.4, 0.5) is 0 Å². The van der Waals surface area contributed by atoms with Crippen LogP contribution in [-0.4, -0.2) is 40.9 Å². The third-order valence-electron chi connectivity index (χ3n) is 6.45. The number of imide groups is 1. The molecule has 0 spiro atoms. The molecular weight excluding hydrogens is 506 g/mol. The highest BCUT2D eigenvalue weighted by Gasteiger charge is 2.35. The van der Waals surface area contributed by atoms with E-state index in [1.807, 2.05) is 42.5 Å². The lowest BCUT2D eigenvalue weighted by molar-refractivity contribution is -0.157. The number of carbonyl (C=O) groups excluding carboxylic acids is 2. The molecule has 204 valence electrons. The number of hydrogen-bond acceptors (Lipinski definition) is 5. The normalized spacial score (nSPS) is 11.3. The summed E-state index contributed by atoms with van der Waals surface area (Å²) in [6.07, 6.45) is -0.376. The number of carboxylic acids is 1. The van der Waals surface area contributed by atoms with Crippen molar-refractivity contribution in [2.24, 2.45) is 0 Å². The van der Waals surface area contributed by atoms with E-state index in [4.69, 9.17) is 9.47 Å². The summed E-state index contributed by atoms with van der Waals surface area (Å²) in [6.45, 7) is 0.232. The maximum absolute atomic E-state index is 13.6. The van der Waals surface area contributed by atoms with Crippen LogP contribution in [0.5, 0.6) is 11.5 Å². The molecule has 0 saturated carbocycles. The van der Waals surface area contributed by atoms with Crippen molar-refractivity contribution < 1.29 is 29.0 Å². The van der Waals surface area contributed by atoms with E-state index in [1.165, 1.54) is 7.11 Å². The molecule has 0 bridgehead atoms. The Kier molecular flexibility index (Phi) is 9.67. The molecule has 0 aliphatic heterocycles. The lowest BCUT2D eigenvalue weighted by Crippen LogP contribution is -2.51. The minimum absolute atomic E-state index is 0.110. The standard InChI is InChI=1S/C33H31NO6/c1-39-29-19-11-18-27(32(29)40-23-26-16-9-4-10-17-26)22-28(33(37)38)34(30(35)20-24-12-5-2-6-13-24)31(36)21-25-14-7-3-8-15-25/h2-19,28H,20-23H2,1H3,(H,37,38). The number of methoxy groups -OCH3 is 1. The van der Waals surface area contributed by atoms with Crippen LogP contribution in [-0.2, 0) is 40.3 Å². The highest BCUT2D eigenvalue weighted by Crippen LogP contribution is 2.33. The van der Waals surface area contributed by atoms with Gasteiger partial charge in [0, 0.05) is 12.0 Å². The summed E-state index contributed by atoms with van der Waals surface area (Å²) in [5, 5.41) is 10.3. The van der Waals surface area contributed by atoms with E-state index in [0.29, 0.717) is 28.2 Å². The Hall–Kier alpha value is -4.91. The van der Waals surface area contributed by atoms with Crippen LogP contribution in [0.15, 0.2) is 109 Å². The monoisotopic (exact) mass is 537 g/mol. The Morgan fingerprint density at radius 3 is 1.68 bits per heavy atom. The third-order valence-corrected chi connectivity index (χ3v) is 6.45. The van der Waals surface area contributed by atoms with Gasteiger partial charge in [-0.25, -0.2) is 4.79 Å². The fourth-order valence-electron chi connectivity index (χ4n) is 4.47. The van der Waals surface area contributed by atoms with Crippen molar-refractivity contribution in [1.29, 1.82) is 0 Å². The van der Waals surface area contributed by atoms with Crippen LogP contribution in [0.25, 0.3) is 0 Å². The topological polar surface area (TPSA) is 93.1 Å². The van der Waals surface area contributed by atoms with Gasteiger partial charge < -0.3 is 14.6 Å². The zero-order chi connectivity index (χ0) is 28.3. The summed E-state index contributed by atoms with van der Waals surface area (Å²) in [5.41, 5.74) is 2.80. The Labute approximate surface area is 233 Å². The quantitative estimate of drug-likeness (QED) is 0.270. The molecule has 0 radical (unpaired) electrons. The smallest absolute Gasteiger partial charge is 0.327 e. The largest absolute Gasteiger partial charge is 0.493 e. The van der Waals surface area contributed by atoms with E-state index in [1.54, 1.807) is 66.7 Å². The van der Waals surface area contributed by atoms with Crippen molar-refractivity contribution in [3.8, 4) is 11.5 Å². The molecule has 1 atom stereocenters. The van der Waals surface area contributed by atoms with Gasteiger partial charge in [-0.1, -0.05) is 103 Å². The van der Waals surface area contributed by atoms with Crippen LogP contribution in [0.1, 0.15) is 22.3 Å². The second-order valence-corrected chi connectivity index (χ2v) is 9.26. The molecule has 0 aliphatic carbocycles. The van der Waals surface area contributed by atoms with Gasteiger partial charge in [0.25, 0.3) is 0 Å². The lowest BCUT2D eigenvalue weighted by Gasteiger charge is -2.28. The van der Waals surface area contributed by atoms with E-state index in [2.05, 4.69) is 0 Å². The number of ether oxygens (including phenoxy) is 2. The number of benzene rings is 4. The van der Waals surface area contributed by atoms with Gasteiger partial charge in [-0.2, -0.15) is 0 Å². The molecule has 0 aromatic heterocycles. The second kappa shape index (κ2) is 13.8. The van der Waals surface area contributed by atoms with Gasteiger partial charge in [-0.15, -0.1) is 0 Å². The SMILES string of the molecule is COc1cccc(CC(C(=O)O)N(C(=O)Cc2ccccc2)C(=O)Cc2ccccc2)c1OCc1ccccc1. The van der Waals surface area contributed by atoms with E-state index < -0.39 is 23.8 Å². The third kappa shape index (κ3) is 7.35. The van der Waals surface area contributed by atoms with Gasteiger partial charge in [-0.3, -0.25) is 14.5 Å². The minimum atomic E-state index is -1.46. The average molecular weight is 538 g/mol. The first-order valence-corrected chi connectivity index (χ1v) is 12.9. The van der Waals surface area contributed by atoms with Crippen molar-refractivity contribution in [2.75, 3.05) is 7.11 Å². The Morgan fingerprint density at radius 1 is 0.700 bits per heavy atom. The molecule has 1 unspecified atom stereocenters. The van der Waals surface area contributed by atoms with E-state index >= 15 is 0 Å². The number of amides is 2. The summed E-state index contributed by atoms with van der Waals surface area (Å²) in [4.78, 5) is 40.7. The van der Waals surface area contributed by atoms with Crippen molar-refractivity contribution in [3.05, 3.63) is 131 Å². The number of carbonyl (C=O) groups is 3. The molecule has 0 aliphatic rings. The van der Waals surface area contributed by atoms with Gasteiger partial charge >= 0.3 is 5.97 Å². The lowest BCUT2D eigenvalue weighted by atomic mass is 10.0. The zero-order valence-corrected chi connectivity index (χ0v) is 22.2. The molecule has 0 saturated heterocycles. The van der Waals surface area contributed by atoms with Crippen LogP contribution < -0.4 is 9.47 Å². The van der Waals surface area contributed by atoms with Crippen LogP contribution in [0, 0.1) is 0 Å². The summed E-state index contributed by atoms with van der Waals surface area (Å²) >= 11 is 0. The summed E-state index contributed by atoms with van der Waals surface area (Å²) in [6, 6.07) is 31.1. The Morgan fingerprint density at radius 2 is 1.20 bits per heavy atom. The van der Waals surface area contributed by atoms with Crippen molar-refractivity contribution in [2.45, 2.75) is 31.9 Å². The second-order valence-electron chi connectivity index (χ2n) is 9.26. The molecule has 1 N–H and O–H groups in total. The predicted molar refractivity (Wildman–Crippen MR) is 151 cm³/mol. The molecular formula is C33H31NO6. The molecule has 7 nitrogen and oxygen atoms in total. The van der Waals surface area contributed by atoms with Gasteiger partial charge in [0.2, 0.25) is 11.8 Å². The maximum atomic E-state index is 13.6.